The third-order valence-corrected chi connectivity index (χ3v) is 7.54. The molecule has 2 atom stereocenters. The normalized spacial score (nSPS) is 17.5. The Kier molecular flexibility index (Phi) is 10.1. The number of carbonyl (C=O) groups excluding carboxylic acids is 1. The smallest absolute Gasteiger partial charge is 0.356 e. The van der Waals surface area contributed by atoms with E-state index < -0.39 is 12.6 Å². The molecule has 1 aromatic carbocycles. The van der Waals surface area contributed by atoms with Gasteiger partial charge in [0.15, 0.2) is 0 Å². The van der Waals surface area contributed by atoms with Crippen LogP contribution < -0.4 is 21.3 Å². The van der Waals surface area contributed by atoms with Crippen molar-refractivity contribution in [2.45, 2.75) is 56.9 Å². The fraction of sp³-hybridized carbons (Fsp3) is 0.480. The lowest BCUT2D eigenvalue weighted by Crippen LogP contribution is -2.33. The number of halogens is 4. The highest BCUT2D eigenvalue weighted by atomic mass is 35.5. The lowest BCUT2D eigenvalue weighted by molar-refractivity contribution is -0.126. The number of nitrogens with zero attached hydrogens (tertiary/aromatic N) is 3. The topological polar surface area (TPSA) is 96.2 Å². The summed E-state index contributed by atoms with van der Waals surface area (Å²) in [5.41, 5.74) is 7.18. The first-order chi connectivity index (χ1) is 17.2. The standard InChI is InChI=1S/C25H31F3N6OS.ClH/c1-34(22-21-12-20(13-25(26,27)28)36-24(21)33-15-32-22)19-8-7-18(11-19)31-14-16-3-5-17(6-4-16)23(35)30-10-2-9-29;/h3-6,12,15,18-19,31H,2,7-11,13-14,29H2,1H3,(H,30,35);1H/t18-,19+;/m0./s1. The first-order valence-electron chi connectivity index (χ1n) is 12.1. The molecular weight excluding hydrogens is 525 g/mol. The number of hydrogen-bond acceptors (Lipinski definition) is 7. The SMILES string of the molecule is CN(c1ncnc2sc(CC(F)(F)F)cc12)[C@@H]1CC[C@H](NCc2ccc(C(=O)NCCCN)cc2)C1.Cl. The molecule has 1 fully saturated rings. The van der Waals surface area contributed by atoms with Crippen molar-refractivity contribution in [3.8, 4) is 0 Å². The number of rotatable bonds is 10. The van der Waals surface area contributed by atoms with Crippen molar-refractivity contribution in [2.75, 3.05) is 25.0 Å². The number of amides is 1. The second-order valence-electron chi connectivity index (χ2n) is 9.17. The molecule has 0 aliphatic heterocycles. The fourth-order valence-electron chi connectivity index (χ4n) is 4.57. The summed E-state index contributed by atoms with van der Waals surface area (Å²) in [6.07, 6.45) is -0.165. The number of benzene rings is 1. The van der Waals surface area contributed by atoms with Gasteiger partial charge in [-0.05, 0) is 56.0 Å². The number of aromatic nitrogens is 2. The van der Waals surface area contributed by atoms with E-state index in [2.05, 4.69) is 25.5 Å². The summed E-state index contributed by atoms with van der Waals surface area (Å²) >= 11 is 1.07. The molecule has 0 radical (unpaired) electrons. The minimum Gasteiger partial charge on any atom is -0.356 e. The van der Waals surface area contributed by atoms with Crippen molar-refractivity contribution in [3.05, 3.63) is 52.7 Å². The molecule has 1 amide bonds. The lowest BCUT2D eigenvalue weighted by atomic mass is 10.1. The molecule has 1 aliphatic carbocycles. The van der Waals surface area contributed by atoms with E-state index in [1.54, 1.807) is 6.07 Å². The quantitative estimate of drug-likeness (QED) is 0.319. The van der Waals surface area contributed by atoms with Gasteiger partial charge in [0.2, 0.25) is 0 Å². The maximum absolute atomic E-state index is 12.9. The predicted molar refractivity (Wildman–Crippen MR) is 144 cm³/mol. The van der Waals surface area contributed by atoms with Gasteiger partial charge < -0.3 is 21.3 Å². The number of fused-ring (bicyclic) bond motifs is 1. The summed E-state index contributed by atoms with van der Waals surface area (Å²) in [5.74, 6) is 0.579. The Morgan fingerprint density at radius 2 is 1.97 bits per heavy atom. The van der Waals surface area contributed by atoms with Gasteiger partial charge in [0.1, 0.15) is 17.0 Å². The van der Waals surface area contributed by atoms with Crippen LogP contribution in [0.5, 0.6) is 0 Å². The Morgan fingerprint density at radius 3 is 2.68 bits per heavy atom. The Bertz CT molecular complexity index is 1170. The van der Waals surface area contributed by atoms with Gasteiger partial charge in [-0.25, -0.2) is 9.97 Å². The van der Waals surface area contributed by atoms with Crippen LogP contribution in [0.15, 0.2) is 36.7 Å². The van der Waals surface area contributed by atoms with Crippen molar-refractivity contribution in [2.24, 2.45) is 5.73 Å². The summed E-state index contributed by atoms with van der Waals surface area (Å²) in [4.78, 5) is 23.6. The summed E-state index contributed by atoms with van der Waals surface area (Å²) < 4.78 is 38.6. The van der Waals surface area contributed by atoms with Gasteiger partial charge in [-0.15, -0.1) is 23.7 Å². The second-order valence-corrected chi connectivity index (χ2v) is 10.3. The molecule has 0 spiro atoms. The molecule has 0 saturated heterocycles. The lowest BCUT2D eigenvalue weighted by Gasteiger charge is -2.26. The summed E-state index contributed by atoms with van der Waals surface area (Å²) in [5, 5.41) is 7.12. The number of carbonyl (C=O) groups is 1. The molecule has 2 aromatic heterocycles. The minimum atomic E-state index is -4.25. The van der Waals surface area contributed by atoms with E-state index in [-0.39, 0.29) is 29.2 Å². The number of thiophene rings is 1. The van der Waals surface area contributed by atoms with E-state index in [9.17, 15) is 18.0 Å². The zero-order valence-electron chi connectivity index (χ0n) is 20.6. The Balaban J connectivity index is 0.00000380. The third-order valence-electron chi connectivity index (χ3n) is 6.50. The average Bonchev–Trinajstić information content (AvgIpc) is 3.48. The number of nitrogens with one attached hydrogen (secondary N) is 2. The van der Waals surface area contributed by atoms with Gasteiger partial charge >= 0.3 is 6.18 Å². The van der Waals surface area contributed by atoms with Crippen molar-refractivity contribution >= 4 is 45.7 Å². The first-order valence-corrected chi connectivity index (χ1v) is 12.9. The van der Waals surface area contributed by atoms with Crippen LogP contribution in [0.4, 0.5) is 19.0 Å². The maximum atomic E-state index is 12.9. The first kappa shape index (κ1) is 29.1. The van der Waals surface area contributed by atoms with Crippen LogP contribution in [0.3, 0.4) is 0 Å². The molecule has 1 saturated carbocycles. The van der Waals surface area contributed by atoms with Crippen molar-refractivity contribution < 1.29 is 18.0 Å². The van der Waals surface area contributed by atoms with E-state index in [4.69, 9.17) is 5.73 Å². The molecule has 1 aliphatic rings. The van der Waals surface area contributed by atoms with Crippen molar-refractivity contribution in [1.82, 2.24) is 20.6 Å². The Hall–Kier alpha value is -2.47. The van der Waals surface area contributed by atoms with Crippen LogP contribution in [-0.2, 0) is 13.0 Å². The number of alkyl halides is 3. The molecule has 3 aromatic rings. The summed E-state index contributed by atoms with van der Waals surface area (Å²) in [7, 11) is 1.95. The number of nitrogens with two attached hydrogens (primary N) is 1. The largest absolute Gasteiger partial charge is 0.393 e. The zero-order valence-corrected chi connectivity index (χ0v) is 22.2. The van der Waals surface area contributed by atoms with E-state index in [0.717, 1.165) is 42.6 Å². The molecule has 0 bridgehead atoms. The van der Waals surface area contributed by atoms with Gasteiger partial charge in [-0.2, -0.15) is 13.2 Å². The van der Waals surface area contributed by atoms with Crippen molar-refractivity contribution in [3.63, 3.8) is 0 Å². The van der Waals surface area contributed by atoms with Gasteiger partial charge in [0, 0.05) is 42.7 Å². The van der Waals surface area contributed by atoms with Crippen LogP contribution >= 0.6 is 23.7 Å². The highest BCUT2D eigenvalue weighted by molar-refractivity contribution is 7.18. The van der Waals surface area contributed by atoms with E-state index >= 15 is 0 Å². The summed E-state index contributed by atoms with van der Waals surface area (Å²) in [6, 6.07) is 9.68. The van der Waals surface area contributed by atoms with Gasteiger partial charge in [-0.1, -0.05) is 12.1 Å². The van der Waals surface area contributed by atoms with E-state index in [1.165, 1.54) is 6.33 Å². The molecule has 12 heteroatoms. The van der Waals surface area contributed by atoms with Gasteiger partial charge in [0.25, 0.3) is 5.91 Å². The summed E-state index contributed by atoms with van der Waals surface area (Å²) in [6.45, 7) is 1.81. The second kappa shape index (κ2) is 12.9. The number of hydrogen-bond donors (Lipinski definition) is 3. The Labute approximate surface area is 224 Å². The maximum Gasteiger partial charge on any atom is 0.393 e. The van der Waals surface area contributed by atoms with Gasteiger partial charge in [-0.3, -0.25) is 4.79 Å². The monoisotopic (exact) mass is 556 g/mol. The average molecular weight is 557 g/mol. The molecule has 4 N–H and O–H groups in total. The highest BCUT2D eigenvalue weighted by Gasteiger charge is 2.31. The molecule has 7 nitrogen and oxygen atoms in total. The highest BCUT2D eigenvalue weighted by Crippen LogP contribution is 2.35. The molecular formula is C25H32ClF3N6OS. The molecule has 202 valence electrons. The molecule has 4 rings (SSSR count). The molecule has 0 unspecified atom stereocenters. The molecule has 37 heavy (non-hydrogen) atoms. The van der Waals surface area contributed by atoms with E-state index in [1.807, 2.05) is 31.3 Å². The molecule has 2 heterocycles. The van der Waals surface area contributed by atoms with Gasteiger partial charge in [0.05, 0.1) is 11.8 Å². The van der Waals surface area contributed by atoms with Crippen molar-refractivity contribution in [1.29, 1.82) is 0 Å². The van der Waals surface area contributed by atoms with E-state index in [0.29, 0.717) is 47.3 Å². The Morgan fingerprint density at radius 1 is 1.22 bits per heavy atom. The van der Waals surface area contributed by atoms with Crippen LogP contribution in [0.1, 0.15) is 46.5 Å². The predicted octanol–water partition coefficient (Wildman–Crippen LogP) is 4.44. The fourth-order valence-corrected chi connectivity index (χ4v) is 5.59. The van der Waals surface area contributed by atoms with Crippen LogP contribution in [-0.4, -0.2) is 54.3 Å². The zero-order chi connectivity index (χ0) is 25.7. The number of anilines is 1. The van der Waals surface area contributed by atoms with Crippen LogP contribution in [0, 0.1) is 0 Å². The minimum absolute atomic E-state index is 0. The van der Waals surface area contributed by atoms with Crippen LogP contribution in [0.2, 0.25) is 0 Å². The third kappa shape index (κ3) is 7.76. The van der Waals surface area contributed by atoms with Crippen LogP contribution in [0.25, 0.3) is 10.2 Å².